The Kier molecular flexibility index (Phi) is 3.69. The van der Waals surface area contributed by atoms with Crippen LogP contribution in [0.3, 0.4) is 0 Å². The molecular formula is C13H13N3O4. The minimum atomic E-state index is -1.14. The van der Waals surface area contributed by atoms with Crippen LogP contribution in [0.25, 0.3) is 0 Å². The fraction of sp³-hybridized carbons (Fsp3) is 0.154. The average molecular weight is 275 g/mol. The maximum atomic E-state index is 12.0. The second-order valence-electron chi connectivity index (χ2n) is 4.05. The van der Waals surface area contributed by atoms with Crippen LogP contribution in [0, 0.1) is 6.92 Å². The van der Waals surface area contributed by atoms with Crippen molar-refractivity contribution in [3.05, 3.63) is 41.5 Å². The van der Waals surface area contributed by atoms with Crippen molar-refractivity contribution in [2.45, 2.75) is 6.92 Å². The largest absolute Gasteiger partial charge is 0.497 e. The Labute approximate surface area is 114 Å². The minimum Gasteiger partial charge on any atom is -0.497 e. The molecule has 0 atom stereocenters. The van der Waals surface area contributed by atoms with Gasteiger partial charge >= 0.3 is 5.97 Å². The van der Waals surface area contributed by atoms with Gasteiger partial charge in [-0.05, 0) is 19.1 Å². The van der Waals surface area contributed by atoms with Crippen molar-refractivity contribution in [2.75, 3.05) is 12.4 Å². The number of carboxylic acids is 1. The van der Waals surface area contributed by atoms with E-state index in [0.717, 1.165) is 0 Å². The van der Waals surface area contributed by atoms with E-state index >= 15 is 0 Å². The lowest BCUT2D eigenvalue weighted by Crippen LogP contribution is -2.15. The number of carboxylic acid groups (broad SMARTS) is 1. The number of carbonyl (C=O) groups excluding carboxylic acids is 1. The first-order chi connectivity index (χ1) is 9.51. The Bertz CT molecular complexity index is 663. The standard InChI is InChI=1S/C13H13N3O4/c1-7-14-6-11(15-7)12(17)16-10-5-8(20-2)3-4-9(10)13(18)19/h3-6H,1-2H3,(H,14,15)(H,16,17)(H,18,19). The molecule has 0 aliphatic carbocycles. The molecule has 0 saturated carbocycles. The van der Waals surface area contributed by atoms with Gasteiger partial charge in [-0.2, -0.15) is 0 Å². The predicted molar refractivity (Wildman–Crippen MR) is 71.2 cm³/mol. The molecular weight excluding hydrogens is 262 g/mol. The number of nitrogens with zero attached hydrogens (tertiary/aromatic N) is 1. The third-order valence-electron chi connectivity index (χ3n) is 2.65. The molecule has 0 aliphatic heterocycles. The summed E-state index contributed by atoms with van der Waals surface area (Å²) in [7, 11) is 1.46. The van der Waals surface area contributed by atoms with Gasteiger partial charge in [-0.25, -0.2) is 9.78 Å². The fourth-order valence-electron chi connectivity index (χ4n) is 1.67. The first-order valence-corrected chi connectivity index (χ1v) is 5.75. The monoisotopic (exact) mass is 275 g/mol. The number of amides is 1. The fourth-order valence-corrected chi connectivity index (χ4v) is 1.67. The Morgan fingerprint density at radius 2 is 2.15 bits per heavy atom. The molecule has 1 aromatic carbocycles. The van der Waals surface area contributed by atoms with Gasteiger partial charge in [0.15, 0.2) is 0 Å². The molecule has 0 aliphatic rings. The SMILES string of the molecule is COc1ccc(C(=O)O)c(NC(=O)c2cnc(C)[nH]2)c1. The quantitative estimate of drug-likeness (QED) is 0.787. The van der Waals surface area contributed by atoms with Crippen molar-refractivity contribution in [3.63, 3.8) is 0 Å². The molecule has 20 heavy (non-hydrogen) atoms. The third kappa shape index (κ3) is 2.77. The van der Waals surface area contributed by atoms with Crippen molar-refractivity contribution in [2.24, 2.45) is 0 Å². The molecule has 0 radical (unpaired) electrons. The maximum Gasteiger partial charge on any atom is 0.337 e. The molecule has 0 fully saturated rings. The van der Waals surface area contributed by atoms with E-state index in [1.165, 1.54) is 31.5 Å². The number of anilines is 1. The molecule has 0 saturated heterocycles. The number of methoxy groups -OCH3 is 1. The number of aromatic amines is 1. The number of carbonyl (C=O) groups is 2. The lowest BCUT2D eigenvalue weighted by molar-refractivity contribution is 0.0698. The summed E-state index contributed by atoms with van der Waals surface area (Å²) in [5.41, 5.74) is 0.395. The van der Waals surface area contributed by atoms with Gasteiger partial charge in [-0.15, -0.1) is 0 Å². The van der Waals surface area contributed by atoms with Crippen LogP contribution in [-0.4, -0.2) is 34.1 Å². The lowest BCUT2D eigenvalue weighted by atomic mass is 10.1. The van der Waals surface area contributed by atoms with Crippen molar-refractivity contribution in [1.82, 2.24) is 9.97 Å². The number of ether oxygens (including phenoxy) is 1. The van der Waals surface area contributed by atoms with Gasteiger partial charge in [0.1, 0.15) is 17.3 Å². The molecule has 2 rings (SSSR count). The number of H-pyrrole nitrogens is 1. The van der Waals surface area contributed by atoms with Gasteiger partial charge in [0, 0.05) is 6.07 Å². The summed E-state index contributed by atoms with van der Waals surface area (Å²) in [4.78, 5) is 29.8. The van der Waals surface area contributed by atoms with Crippen LogP contribution in [0.15, 0.2) is 24.4 Å². The number of hydrogen-bond donors (Lipinski definition) is 3. The zero-order chi connectivity index (χ0) is 14.7. The number of imidazole rings is 1. The topological polar surface area (TPSA) is 104 Å². The molecule has 0 unspecified atom stereocenters. The first kappa shape index (κ1) is 13.6. The molecule has 1 amide bonds. The average Bonchev–Trinajstić information content (AvgIpc) is 2.85. The highest BCUT2D eigenvalue weighted by Crippen LogP contribution is 2.23. The lowest BCUT2D eigenvalue weighted by Gasteiger charge is -2.09. The van der Waals surface area contributed by atoms with E-state index < -0.39 is 11.9 Å². The summed E-state index contributed by atoms with van der Waals surface area (Å²) in [6.07, 6.45) is 1.38. The van der Waals surface area contributed by atoms with E-state index in [-0.39, 0.29) is 16.9 Å². The molecule has 7 nitrogen and oxygen atoms in total. The predicted octanol–water partition coefficient (Wildman–Crippen LogP) is 1.68. The molecule has 2 aromatic rings. The molecule has 104 valence electrons. The highest BCUT2D eigenvalue weighted by Gasteiger charge is 2.15. The number of aromatic nitrogens is 2. The van der Waals surface area contributed by atoms with Crippen molar-refractivity contribution < 1.29 is 19.4 Å². The normalized spacial score (nSPS) is 10.1. The second-order valence-corrected chi connectivity index (χ2v) is 4.05. The Hall–Kier alpha value is -2.83. The van der Waals surface area contributed by atoms with Crippen LogP contribution in [0.5, 0.6) is 5.75 Å². The van der Waals surface area contributed by atoms with Crippen LogP contribution in [-0.2, 0) is 0 Å². The highest BCUT2D eigenvalue weighted by molar-refractivity contribution is 6.06. The molecule has 1 aromatic heterocycles. The summed E-state index contributed by atoms with van der Waals surface area (Å²) in [6, 6.07) is 4.33. The van der Waals surface area contributed by atoms with Gasteiger partial charge in [0.05, 0.1) is 24.6 Å². The zero-order valence-corrected chi connectivity index (χ0v) is 10.9. The van der Waals surface area contributed by atoms with Crippen LogP contribution in [0.4, 0.5) is 5.69 Å². The van der Waals surface area contributed by atoms with Crippen molar-refractivity contribution >= 4 is 17.6 Å². The summed E-state index contributed by atoms with van der Waals surface area (Å²) >= 11 is 0. The van der Waals surface area contributed by atoms with Gasteiger partial charge in [0.25, 0.3) is 5.91 Å². The van der Waals surface area contributed by atoms with Crippen LogP contribution < -0.4 is 10.1 Å². The Morgan fingerprint density at radius 3 is 2.70 bits per heavy atom. The van der Waals surface area contributed by atoms with Gasteiger partial charge < -0.3 is 20.1 Å². The number of aromatic carboxylic acids is 1. The van der Waals surface area contributed by atoms with E-state index in [2.05, 4.69) is 15.3 Å². The van der Waals surface area contributed by atoms with E-state index in [9.17, 15) is 9.59 Å². The molecule has 3 N–H and O–H groups in total. The smallest absolute Gasteiger partial charge is 0.337 e. The number of nitrogens with one attached hydrogen (secondary N) is 2. The van der Waals surface area contributed by atoms with Crippen molar-refractivity contribution in [1.29, 1.82) is 0 Å². The summed E-state index contributed by atoms with van der Waals surface area (Å²) in [5.74, 6) is -0.560. The summed E-state index contributed by atoms with van der Waals surface area (Å²) < 4.78 is 5.02. The summed E-state index contributed by atoms with van der Waals surface area (Å²) in [5, 5.41) is 11.6. The van der Waals surface area contributed by atoms with Gasteiger partial charge in [-0.1, -0.05) is 0 Å². The number of aryl methyl sites for hydroxylation is 1. The molecule has 1 heterocycles. The zero-order valence-electron chi connectivity index (χ0n) is 10.9. The van der Waals surface area contributed by atoms with Crippen LogP contribution in [0.1, 0.15) is 26.7 Å². The van der Waals surface area contributed by atoms with E-state index in [1.54, 1.807) is 6.92 Å². The van der Waals surface area contributed by atoms with E-state index in [1.807, 2.05) is 0 Å². The molecule has 0 bridgehead atoms. The number of rotatable bonds is 4. The number of benzene rings is 1. The second kappa shape index (κ2) is 5.43. The van der Waals surface area contributed by atoms with Gasteiger partial charge in [0.2, 0.25) is 0 Å². The molecule has 0 spiro atoms. The maximum absolute atomic E-state index is 12.0. The third-order valence-corrected chi connectivity index (χ3v) is 2.65. The van der Waals surface area contributed by atoms with Gasteiger partial charge in [-0.3, -0.25) is 4.79 Å². The van der Waals surface area contributed by atoms with Crippen molar-refractivity contribution in [3.8, 4) is 5.75 Å². The Balaban J connectivity index is 2.31. The first-order valence-electron chi connectivity index (χ1n) is 5.75. The van der Waals surface area contributed by atoms with Crippen LogP contribution in [0.2, 0.25) is 0 Å². The Morgan fingerprint density at radius 1 is 1.40 bits per heavy atom. The molecule has 7 heteroatoms. The number of hydrogen-bond acceptors (Lipinski definition) is 4. The highest BCUT2D eigenvalue weighted by atomic mass is 16.5. The van der Waals surface area contributed by atoms with E-state index in [0.29, 0.717) is 11.6 Å². The summed E-state index contributed by atoms with van der Waals surface area (Å²) in [6.45, 7) is 1.71. The van der Waals surface area contributed by atoms with E-state index in [4.69, 9.17) is 9.84 Å². The minimum absolute atomic E-state index is 0.0182. The van der Waals surface area contributed by atoms with Crippen LogP contribution >= 0.6 is 0 Å².